The first-order valence-electron chi connectivity index (χ1n) is 4.27. The van der Waals surface area contributed by atoms with Crippen LogP contribution in [0, 0.1) is 21.3 Å². The largest absolute Gasteiger partial charge is 0.497 e. The van der Waals surface area contributed by atoms with Gasteiger partial charge in [0.1, 0.15) is 16.6 Å². The molecule has 0 aliphatic rings. The van der Waals surface area contributed by atoms with Crippen molar-refractivity contribution in [2.75, 3.05) is 7.11 Å². The molecule has 0 N–H and O–H groups in total. The highest BCUT2D eigenvalue weighted by Crippen LogP contribution is 2.30. The van der Waals surface area contributed by atoms with Gasteiger partial charge < -0.3 is 4.74 Å². The van der Waals surface area contributed by atoms with Crippen LogP contribution in [0.1, 0.15) is 5.56 Å². The van der Waals surface area contributed by atoms with E-state index in [4.69, 9.17) is 15.3 Å². The molecule has 1 aromatic rings. The average molecular weight is 248 g/mol. The third kappa shape index (κ3) is 3.54. The van der Waals surface area contributed by atoms with Crippen LogP contribution in [0.5, 0.6) is 5.75 Å². The maximum Gasteiger partial charge on any atom is 0.138 e. The summed E-state index contributed by atoms with van der Waals surface area (Å²) in [5, 5.41) is 22.7. The molecule has 0 bridgehead atoms. The van der Waals surface area contributed by atoms with Gasteiger partial charge >= 0.3 is 0 Å². The lowest BCUT2D eigenvalue weighted by Crippen LogP contribution is -1.83. The summed E-state index contributed by atoms with van der Waals surface area (Å²) < 4.78 is 5.04. The first-order chi connectivity index (χ1) is 7.81. The maximum absolute atomic E-state index is 8.65. The lowest BCUT2D eigenvalue weighted by Gasteiger charge is -2.03. The van der Waals surface area contributed by atoms with Gasteiger partial charge in [-0.1, -0.05) is 12.1 Å². The molecule has 0 atom stereocenters. The first kappa shape index (κ1) is 12.5. The molecule has 3 nitrogen and oxygen atoms in total. The second kappa shape index (κ2) is 6.84. The Balaban J connectivity index is 2.94. The van der Waals surface area contributed by atoms with E-state index in [0.717, 1.165) is 39.7 Å². The standard InChI is InChI=1S/C11H8N2OS2/c1-14-10-4-2-9(3-5-10)11(16-8-13)6-15-7-12/h2-6H,1H3. The summed E-state index contributed by atoms with van der Waals surface area (Å²) in [7, 11) is 1.60. The zero-order chi connectivity index (χ0) is 11.8. The van der Waals surface area contributed by atoms with Gasteiger partial charge in [0.2, 0.25) is 0 Å². The Labute approximate surface area is 103 Å². The van der Waals surface area contributed by atoms with Gasteiger partial charge in [0.15, 0.2) is 0 Å². The predicted octanol–water partition coefficient (Wildman–Crippen LogP) is 3.42. The Kier molecular flexibility index (Phi) is 5.35. The number of benzene rings is 1. The average Bonchev–Trinajstić information content (AvgIpc) is 2.35. The lowest BCUT2D eigenvalue weighted by atomic mass is 10.2. The quantitative estimate of drug-likeness (QED) is 0.764. The Morgan fingerprint density at radius 1 is 1.25 bits per heavy atom. The fourth-order valence-corrected chi connectivity index (χ4v) is 2.02. The minimum absolute atomic E-state index is 0.761. The second-order valence-corrected chi connectivity index (χ2v) is 4.09. The minimum atomic E-state index is 0.761. The smallest absolute Gasteiger partial charge is 0.138 e. The van der Waals surface area contributed by atoms with Crippen molar-refractivity contribution in [3.8, 4) is 16.6 Å². The van der Waals surface area contributed by atoms with Gasteiger partial charge in [-0.3, -0.25) is 0 Å². The number of thioether (sulfide) groups is 2. The molecule has 80 valence electrons. The van der Waals surface area contributed by atoms with Crippen molar-refractivity contribution in [2.45, 2.75) is 0 Å². The van der Waals surface area contributed by atoms with Crippen molar-refractivity contribution in [1.29, 1.82) is 10.5 Å². The summed E-state index contributed by atoms with van der Waals surface area (Å²) >= 11 is 2.04. The van der Waals surface area contributed by atoms with Gasteiger partial charge in [0, 0.05) is 10.3 Å². The number of nitrogens with zero attached hydrogens (tertiary/aromatic N) is 2. The predicted molar refractivity (Wildman–Crippen MR) is 67.4 cm³/mol. The summed E-state index contributed by atoms with van der Waals surface area (Å²) in [6.45, 7) is 0. The van der Waals surface area contributed by atoms with E-state index < -0.39 is 0 Å². The second-order valence-electron chi connectivity index (χ2n) is 2.61. The summed E-state index contributed by atoms with van der Waals surface area (Å²) in [6, 6.07) is 7.34. The van der Waals surface area contributed by atoms with E-state index in [1.54, 1.807) is 12.5 Å². The highest BCUT2D eigenvalue weighted by Gasteiger charge is 2.02. The molecule has 0 radical (unpaired) electrons. The highest BCUT2D eigenvalue weighted by atomic mass is 32.2. The third-order valence-corrected chi connectivity index (χ3v) is 3.02. The van der Waals surface area contributed by atoms with Crippen molar-refractivity contribution in [3.05, 3.63) is 35.2 Å². The van der Waals surface area contributed by atoms with Gasteiger partial charge in [-0.05, 0) is 41.2 Å². The molecule has 0 unspecified atom stereocenters. The molecule has 0 amide bonds. The molecular formula is C11H8N2OS2. The molecule has 0 saturated carbocycles. The molecule has 1 rings (SSSR count). The molecule has 5 heteroatoms. The third-order valence-electron chi connectivity index (χ3n) is 1.75. The van der Waals surface area contributed by atoms with E-state index >= 15 is 0 Å². The Morgan fingerprint density at radius 3 is 2.44 bits per heavy atom. The number of hydrogen-bond donors (Lipinski definition) is 0. The highest BCUT2D eigenvalue weighted by molar-refractivity contribution is 8.14. The van der Waals surface area contributed by atoms with Crippen molar-refractivity contribution in [1.82, 2.24) is 0 Å². The Bertz CT molecular complexity index is 454. The molecule has 0 aromatic heterocycles. The molecule has 0 spiro atoms. The minimum Gasteiger partial charge on any atom is -0.497 e. The maximum atomic E-state index is 8.65. The van der Waals surface area contributed by atoms with Gasteiger partial charge in [-0.15, -0.1) is 0 Å². The fraction of sp³-hybridized carbons (Fsp3) is 0.0909. The zero-order valence-electron chi connectivity index (χ0n) is 8.51. The molecular weight excluding hydrogens is 240 g/mol. The molecule has 0 fully saturated rings. The monoisotopic (exact) mass is 248 g/mol. The number of hydrogen-bond acceptors (Lipinski definition) is 5. The van der Waals surface area contributed by atoms with Crippen LogP contribution >= 0.6 is 23.5 Å². The van der Waals surface area contributed by atoms with E-state index in [9.17, 15) is 0 Å². The van der Waals surface area contributed by atoms with Crippen LogP contribution in [-0.2, 0) is 0 Å². The van der Waals surface area contributed by atoms with Gasteiger partial charge in [0.05, 0.1) is 7.11 Å². The summed E-state index contributed by atoms with van der Waals surface area (Å²) in [4.78, 5) is 0.761. The van der Waals surface area contributed by atoms with Crippen LogP contribution in [0.25, 0.3) is 4.91 Å². The fourth-order valence-electron chi connectivity index (χ4n) is 1.04. The van der Waals surface area contributed by atoms with Crippen molar-refractivity contribution in [2.24, 2.45) is 0 Å². The number of ether oxygens (including phenoxy) is 1. The van der Waals surface area contributed by atoms with Crippen LogP contribution < -0.4 is 4.74 Å². The van der Waals surface area contributed by atoms with E-state index in [1.165, 1.54) is 0 Å². The van der Waals surface area contributed by atoms with Gasteiger partial charge in [0.25, 0.3) is 0 Å². The number of methoxy groups -OCH3 is 1. The Hall–Kier alpha value is -1.56. The summed E-state index contributed by atoms with van der Waals surface area (Å²) in [6.07, 6.45) is 0. The summed E-state index contributed by atoms with van der Waals surface area (Å²) in [5.74, 6) is 0.762. The topological polar surface area (TPSA) is 56.8 Å². The van der Waals surface area contributed by atoms with Crippen LogP contribution in [0.15, 0.2) is 29.7 Å². The van der Waals surface area contributed by atoms with Crippen molar-refractivity contribution >= 4 is 28.4 Å². The van der Waals surface area contributed by atoms with Crippen molar-refractivity contribution < 1.29 is 4.74 Å². The van der Waals surface area contributed by atoms with E-state index in [2.05, 4.69) is 0 Å². The van der Waals surface area contributed by atoms with Crippen LogP contribution in [0.2, 0.25) is 0 Å². The zero-order valence-corrected chi connectivity index (χ0v) is 10.1. The number of nitriles is 2. The van der Waals surface area contributed by atoms with E-state index in [0.29, 0.717) is 0 Å². The molecule has 0 saturated heterocycles. The Morgan fingerprint density at radius 2 is 1.94 bits per heavy atom. The molecule has 0 aliphatic heterocycles. The molecule has 0 heterocycles. The molecule has 16 heavy (non-hydrogen) atoms. The van der Waals surface area contributed by atoms with Crippen LogP contribution in [0.4, 0.5) is 0 Å². The first-order valence-corrected chi connectivity index (χ1v) is 5.96. The van der Waals surface area contributed by atoms with Gasteiger partial charge in [-0.25, -0.2) is 0 Å². The van der Waals surface area contributed by atoms with Crippen LogP contribution in [0.3, 0.4) is 0 Å². The normalized spacial score (nSPS) is 10.3. The SMILES string of the molecule is COc1ccc(C(=CSC#N)SC#N)cc1. The van der Waals surface area contributed by atoms with Crippen LogP contribution in [-0.4, -0.2) is 7.11 Å². The number of thiocyanates is 2. The van der Waals surface area contributed by atoms with Crippen molar-refractivity contribution in [3.63, 3.8) is 0 Å². The van der Waals surface area contributed by atoms with E-state index in [1.807, 2.05) is 35.1 Å². The summed E-state index contributed by atoms with van der Waals surface area (Å²) in [5.41, 5.74) is 0.898. The van der Waals surface area contributed by atoms with E-state index in [-0.39, 0.29) is 0 Å². The molecule has 1 aromatic carbocycles. The molecule has 0 aliphatic carbocycles. The lowest BCUT2D eigenvalue weighted by molar-refractivity contribution is 0.415. The van der Waals surface area contributed by atoms with Gasteiger partial charge in [-0.2, -0.15) is 10.5 Å². The number of rotatable bonds is 4.